The molecule has 1 aromatic carbocycles. The van der Waals surface area contributed by atoms with Crippen LogP contribution < -0.4 is 4.90 Å². The van der Waals surface area contributed by atoms with Crippen LogP contribution in [0, 0.1) is 5.92 Å². The average Bonchev–Trinajstić information content (AvgIpc) is 3.13. The summed E-state index contributed by atoms with van der Waals surface area (Å²) in [5.41, 5.74) is 3.50. The summed E-state index contributed by atoms with van der Waals surface area (Å²) in [5.74, 6) is -1.68. The number of nitrogens with zero attached hydrogens (tertiary/aromatic N) is 2. The summed E-state index contributed by atoms with van der Waals surface area (Å²) in [6.45, 7) is 3.75. The summed E-state index contributed by atoms with van der Waals surface area (Å²) in [6.07, 6.45) is -1.57. The fourth-order valence-corrected chi connectivity index (χ4v) is 5.06. The smallest absolute Gasteiger partial charge is 0.475 e. The van der Waals surface area contributed by atoms with Crippen LogP contribution in [0.4, 0.5) is 18.9 Å². The number of anilines is 1. The highest BCUT2D eigenvalue weighted by molar-refractivity contribution is 7.07. The Morgan fingerprint density at radius 3 is 2.55 bits per heavy atom. The number of alkyl halides is 3. The summed E-state index contributed by atoms with van der Waals surface area (Å²) >= 11 is 1.75. The minimum Gasteiger partial charge on any atom is -0.475 e. The molecule has 0 radical (unpaired) electrons. The number of carboxylic acid groups (broad SMARTS) is 1. The normalized spacial score (nSPS) is 23.1. The third kappa shape index (κ3) is 4.48. The van der Waals surface area contributed by atoms with E-state index in [2.05, 4.69) is 50.9 Å². The monoisotopic (exact) mass is 452 g/mol. The van der Waals surface area contributed by atoms with E-state index >= 15 is 0 Å². The zero-order valence-corrected chi connectivity index (χ0v) is 17.6. The number of benzene rings is 1. The predicted octanol–water partition coefficient (Wildman–Crippen LogP) is 4.28. The van der Waals surface area contributed by atoms with Crippen LogP contribution in [-0.2, 0) is 21.5 Å². The van der Waals surface area contributed by atoms with Crippen molar-refractivity contribution in [3.05, 3.63) is 52.2 Å². The van der Waals surface area contributed by atoms with Crippen molar-refractivity contribution in [2.45, 2.75) is 37.4 Å². The molecular weight excluding hydrogens is 429 g/mol. The molecule has 9 heteroatoms. The molecule has 1 amide bonds. The number of fused-ring (bicyclic) bond motifs is 2. The van der Waals surface area contributed by atoms with Gasteiger partial charge in [0.25, 0.3) is 0 Å². The van der Waals surface area contributed by atoms with Gasteiger partial charge in [-0.3, -0.25) is 9.69 Å². The standard InChI is InChI=1S/C20H22N2OS.C2HF3O2/c23-19-20(8-9-21(14-20)11-16-7-10-24-13-16)17-3-1-2-4-18(17)22(19)12-15-5-6-15;3-2(4,5)1(6)7/h1-4,7,10,13,15H,5-6,8-9,11-12,14H2;(H,6,7). The van der Waals surface area contributed by atoms with Crippen molar-refractivity contribution in [2.75, 3.05) is 24.5 Å². The number of amides is 1. The third-order valence-corrected chi connectivity index (χ3v) is 6.81. The highest BCUT2D eigenvalue weighted by Gasteiger charge is 2.54. The van der Waals surface area contributed by atoms with Gasteiger partial charge in [0.1, 0.15) is 0 Å². The number of carboxylic acids is 1. The molecule has 31 heavy (non-hydrogen) atoms. The van der Waals surface area contributed by atoms with E-state index in [1.165, 1.54) is 29.7 Å². The van der Waals surface area contributed by atoms with Gasteiger partial charge in [0.05, 0.1) is 5.41 Å². The maximum absolute atomic E-state index is 13.4. The van der Waals surface area contributed by atoms with E-state index in [9.17, 15) is 18.0 Å². The molecule has 1 aromatic heterocycles. The van der Waals surface area contributed by atoms with Crippen molar-refractivity contribution in [3.8, 4) is 0 Å². The lowest BCUT2D eigenvalue weighted by molar-refractivity contribution is -0.192. The van der Waals surface area contributed by atoms with Gasteiger partial charge in [-0.15, -0.1) is 0 Å². The lowest BCUT2D eigenvalue weighted by Gasteiger charge is -2.24. The first-order valence-corrected chi connectivity index (χ1v) is 11.1. The molecule has 166 valence electrons. The SMILES string of the molecule is O=C(O)C(F)(F)F.O=C1N(CC2CC2)c2ccccc2C12CCN(Cc1ccsc1)C2. The molecule has 1 atom stereocenters. The summed E-state index contributed by atoms with van der Waals surface area (Å²) in [6, 6.07) is 10.7. The molecule has 2 aromatic rings. The Bertz CT molecular complexity index is 959. The molecule has 2 aliphatic heterocycles. The quantitative estimate of drug-likeness (QED) is 0.752. The zero-order valence-electron chi connectivity index (χ0n) is 16.8. The minimum absolute atomic E-state index is 0.304. The van der Waals surface area contributed by atoms with Crippen molar-refractivity contribution < 1.29 is 27.9 Å². The molecule has 1 unspecified atom stereocenters. The second-order valence-corrected chi connectivity index (χ2v) is 9.13. The van der Waals surface area contributed by atoms with Crippen LogP contribution >= 0.6 is 11.3 Å². The van der Waals surface area contributed by atoms with Gasteiger partial charge in [-0.25, -0.2) is 4.79 Å². The Morgan fingerprint density at radius 2 is 1.94 bits per heavy atom. The van der Waals surface area contributed by atoms with E-state index in [1.54, 1.807) is 11.3 Å². The lowest BCUT2D eigenvalue weighted by Crippen LogP contribution is -2.43. The number of halogens is 3. The van der Waals surface area contributed by atoms with Gasteiger partial charge in [0.15, 0.2) is 0 Å². The number of carbonyl (C=O) groups is 2. The Labute approximate surface area is 182 Å². The van der Waals surface area contributed by atoms with Gasteiger partial charge in [0.2, 0.25) is 5.91 Å². The molecule has 5 rings (SSSR count). The molecule has 5 nitrogen and oxygen atoms in total. The minimum atomic E-state index is -5.08. The number of thiophene rings is 1. The zero-order chi connectivity index (χ0) is 22.2. The predicted molar refractivity (Wildman–Crippen MR) is 111 cm³/mol. The van der Waals surface area contributed by atoms with Gasteiger partial charge in [-0.2, -0.15) is 24.5 Å². The first-order valence-electron chi connectivity index (χ1n) is 10.2. The van der Waals surface area contributed by atoms with E-state index in [0.29, 0.717) is 5.91 Å². The van der Waals surface area contributed by atoms with Gasteiger partial charge >= 0.3 is 12.1 Å². The number of likely N-dealkylation sites (tertiary alicyclic amines) is 1. The Balaban J connectivity index is 0.000000289. The second kappa shape index (κ2) is 8.27. The maximum atomic E-state index is 13.4. The van der Waals surface area contributed by atoms with Gasteiger partial charge in [0, 0.05) is 25.3 Å². The summed E-state index contributed by atoms with van der Waals surface area (Å²) in [7, 11) is 0. The first kappa shape index (κ1) is 21.8. The Hall–Kier alpha value is -2.39. The summed E-state index contributed by atoms with van der Waals surface area (Å²) < 4.78 is 31.7. The van der Waals surface area contributed by atoms with Crippen LogP contribution in [0.2, 0.25) is 0 Å². The summed E-state index contributed by atoms with van der Waals surface area (Å²) in [4.78, 5) is 26.8. The molecule has 1 spiro atoms. The van der Waals surface area contributed by atoms with Crippen molar-refractivity contribution in [1.82, 2.24) is 4.90 Å². The molecule has 1 N–H and O–H groups in total. The Morgan fingerprint density at radius 1 is 1.23 bits per heavy atom. The molecule has 3 aliphatic rings. The van der Waals surface area contributed by atoms with Crippen LogP contribution in [0.1, 0.15) is 30.4 Å². The second-order valence-electron chi connectivity index (χ2n) is 8.35. The molecule has 3 heterocycles. The highest BCUT2D eigenvalue weighted by Crippen LogP contribution is 2.48. The number of aliphatic carboxylic acids is 1. The van der Waals surface area contributed by atoms with Crippen LogP contribution in [-0.4, -0.2) is 47.7 Å². The van der Waals surface area contributed by atoms with E-state index in [0.717, 1.165) is 38.5 Å². The molecule has 0 bridgehead atoms. The van der Waals surface area contributed by atoms with Crippen molar-refractivity contribution in [2.24, 2.45) is 5.92 Å². The Kier molecular flexibility index (Phi) is 5.83. The van der Waals surface area contributed by atoms with Gasteiger partial charge in [-0.05, 0) is 65.7 Å². The maximum Gasteiger partial charge on any atom is 0.490 e. The van der Waals surface area contributed by atoms with Crippen LogP contribution in [0.5, 0.6) is 0 Å². The van der Waals surface area contributed by atoms with Crippen molar-refractivity contribution in [3.63, 3.8) is 0 Å². The molecule has 1 saturated carbocycles. The fraction of sp³-hybridized carbons (Fsp3) is 0.455. The lowest BCUT2D eigenvalue weighted by atomic mass is 9.81. The summed E-state index contributed by atoms with van der Waals surface area (Å²) in [5, 5.41) is 11.5. The third-order valence-electron chi connectivity index (χ3n) is 6.08. The molecular formula is C22H23F3N2O3S. The van der Waals surface area contributed by atoms with E-state index in [1.807, 2.05) is 0 Å². The van der Waals surface area contributed by atoms with E-state index in [4.69, 9.17) is 9.90 Å². The molecule has 1 aliphatic carbocycles. The van der Waals surface area contributed by atoms with Crippen molar-refractivity contribution >= 4 is 28.9 Å². The largest absolute Gasteiger partial charge is 0.490 e. The number of carbonyl (C=O) groups excluding carboxylic acids is 1. The number of rotatable bonds is 4. The first-order chi connectivity index (χ1) is 14.7. The van der Waals surface area contributed by atoms with Crippen LogP contribution in [0.15, 0.2) is 41.1 Å². The number of para-hydroxylation sites is 1. The van der Waals surface area contributed by atoms with Crippen molar-refractivity contribution in [1.29, 1.82) is 0 Å². The highest BCUT2D eigenvalue weighted by atomic mass is 32.1. The van der Waals surface area contributed by atoms with E-state index < -0.39 is 12.1 Å². The molecule has 1 saturated heterocycles. The number of hydrogen-bond acceptors (Lipinski definition) is 4. The van der Waals surface area contributed by atoms with Gasteiger partial charge < -0.3 is 10.0 Å². The van der Waals surface area contributed by atoms with Crippen LogP contribution in [0.3, 0.4) is 0 Å². The van der Waals surface area contributed by atoms with E-state index in [-0.39, 0.29) is 5.41 Å². The molecule has 2 fully saturated rings. The fourth-order valence-electron chi connectivity index (χ4n) is 4.40. The number of hydrogen-bond donors (Lipinski definition) is 1. The average molecular weight is 452 g/mol. The van der Waals surface area contributed by atoms with Gasteiger partial charge in [-0.1, -0.05) is 18.2 Å². The topological polar surface area (TPSA) is 60.9 Å². The van der Waals surface area contributed by atoms with Crippen LogP contribution in [0.25, 0.3) is 0 Å².